The largest absolute Gasteiger partial charge is 0.383 e. The van der Waals surface area contributed by atoms with Crippen LogP contribution in [0.15, 0.2) is 0 Å². The van der Waals surface area contributed by atoms with Gasteiger partial charge < -0.3 is 10.1 Å². The van der Waals surface area contributed by atoms with E-state index in [9.17, 15) is 4.39 Å². The lowest BCUT2D eigenvalue weighted by atomic mass is 10.2. The molecule has 14 heavy (non-hydrogen) atoms. The summed E-state index contributed by atoms with van der Waals surface area (Å²) in [5.74, 6) is -0.271. The number of halogens is 1. The molecule has 0 unspecified atom stereocenters. The second-order valence-electron chi connectivity index (χ2n) is 3.15. The zero-order valence-electron chi connectivity index (χ0n) is 8.80. The average Bonchev–Trinajstić information content (AvgIpc) is 2.38. The van der Waals surface area contributed by atoms with Gasteiger partial charge in [-0.3, -0.25) is 0 Å². The SMILES string of the molecule is COCCNCc1c(C)nn(C)c1F. The molecule has 4 nitrogen and oxygen atoms in total. The normalized spacial score (nSPS) is 10.9. The molecular weight excluding hydrogens is 185 g/mol. The Balaban J connectivity index is 2.49. The van der Waals surface area contributed by atoms with Crippen molar-refractivity contribution in [3.63, 3.8) is 0 Å². The third-order valence-electron chi connectivity index (χ3n) is 2.05. The second kappa shape index (κ2) is 5.07. The molecule has 1 aromatic heterocycles. The van der Waals surface area contributed by atoms with E-state index in [2.05, 4.69) is 10.4 Å². The number of aryl methyl sites for hydroxylation is 2. The van der Waals surface area contributed by atoms with Crippen molar-refractivity contribution in [3.8, 4) is 0 Å². The third kappa shape index (κ3) is 2.52. The van der Waals surface area contributed by atoms with Gasteiger partial charge in [-0.1, -0.05) is 0 Å². The predicted molar refractivity (Wildman–Crippen MR) is 51.5 cm³/mol. The molecular formula is C9H16FN3O. The van der Waals surface area contributed by atoms with Gasteiger partial charge in [0.15, 0.2) is 0 Å². The zero-order valence-corrected chi connectivity index (χ0v) is 8.80. The zero-order chi connectivity index (χ0) is 10.6. The van der Waals surface area contributed by atoms with Gasteiger partial charge in [0.1, 0.15) is 0 Å². The van der Waals surface area contributed by atoms with Crippen LogP contribution in [0.2, 0.25) is 0 Å². The van der Waals surface area contributed by atoms with Crippen molar-refractivity contribution in [2.75, 3.05) is 20.3 Å². The van der Waals surface area contributed by atoms with E-state index in [1.807, 2.05) is 0 Å². The lowest BCUT2D eigenvalue weighted by molar-refractivity contribution is 0.199. The Kier molecular flexibility index (Phi) is 4.03. The van der Waals surface area contributed by atoms with E-state index in [0.717, 1.165) is 5.69 Å². The van der Waals surface area contributed by atoms with Crippen LogP contribution in [-0.2, 0) is 18.3 Å². The Morgan fingerprint density at radius 1 is 1.57 bits per heavy atom. The number of aromatic nitrogens is 2. The minimum atomic E-state index is -0.271. The molecule has 0 aromatic carbocycles. The Labute approximate surface area is 83.1 Å². The Hall–Kier alpha value is -0.940. The summed E-state index contributed by atoms with van der Waals surface area (Å²) in [6, 6.07) is 0. The highest BCUT2D eigenvalue weighted by Gasteiger charge is 2.11. The molecule has 80 valence electrons. The molecule has 0 aliphatic rings. The summed E-state index contributed by atoms with van der Waals surface area (Å²) in [6.07, 6.45) is 0. The summed E-state index contributed by atoms with van der Waals surface area (Å²) in [4.78, 5) is 0. The summed E-state index contributed by atoms with van der Waals surface area (Å²) in [7, 11) is 3.23. The molecule has 0 spiro atoms. The molecule has 1 heterocycles. The van der Waals surface area contributed by atoms with Crippen molar-refractivity contribution in [2.45, 2.75) is 13.5 Å². The summed E-state index contributed by atoms with van der Waals surface area (Å²) >= 11 is 0. The number of hydrogen-bond donors (Lipinski definition) is 1. The van der Waals surface area contributed by atoms with Crippen molar-refractivity contribution in [3.05, 3.63) is 17.2 Å². The average molecular weight is 201 g/mol. The molecule has 0 atom stereocenters. The van der Waals surface area contributed by atoms with Crippen molar-refractivity contribution in [2.24, 2.45) is 7.05 Å². The molecule has 0 amide bonds. The molecule has 0 bridgehead atoms. The van der Waals surface area contributed by atoms with E-state index in [1.165, 1.54) is 4.68 Å². The van der Waals surface area contributed by atoms with Gasteiger partial charge in [0, 0.05) is 32.8 Å². The van der Waals surface area contributed by atoms with Gasteiger partial charge in [0.25, 0.3) is 0 Å². The molecule has 0 aliphatic heterocycles. The smallest absolute Gasteiger partial charge is 0.215 e. The first-order valence-electron chi connectivity index (χ1n) is 4.54. The van der Waals surface area contributed by atoms with Crippen LogP contribution in [-0.4, -0.2) is 30.0 Å². The van der Waals surface area contributed by atoms with Gasteiger partial charge in [-0.25, -0.2) is 4.68 Å². The fourth-order valence-electron chi connectivity index (χ4n) is 1.26. The maximum Gasteiger partial charge on any atom is 0.215 e. The van der Waals surface area contributed by atoms with E-state index < -0.39 is 0 Å². The maximum atomic E-state index is 13.4. The van der Waals surface area contributed by atoms with E-state index in [1.54, 1.807) is 21.1 Å². The lowest BCUT2D eigenvalue weighted by Gasteiger charge is -2.02. The van der Waals surface area contributed by atoms with Crippen LogP contribution in [0, 0.1) is 12.9 Å². The Morgan fingerprint density at radius 2 is 2.29 bits per heavy atom. The van der Waals surface area contributed by atoms with E-state index in [-0.39, 0.29) is 5.95 Å². The molecule has 5 heteroatoms. The minimum absolute atomic E-state index is 0.271. The van der Waals surface area contributed by atoms with Crippen LogP contribution >= 0.6 is 0 Å². The summed E-state index contributed by atoms with van der Waals surface area (Å²) in [6.45, 7) is 3.64. The second-order valence-corrected chi connectivity index (χ2v) is 3.15. The van der Waals surface area contributed by atoms with Crippen LogP contribution in [0.3, 0.4) is 0 Å². The van der Waals surface area contributed by atoms with Gasteiger partial charge in [-0.2, -0.15) is 9.49 Å². The minimum Gasteiger partial charge on any atom is -0.383 e. The van der Waals surface area contributed by atoms with Crippen molar-refractivity contribution < 1.29 is 9.13 Å². The van der Waals surface area contributed by atoms with Crippen LogP contribution in [0.4, 0.5) is 4.39 Å². The molecule has 1 rings (SSSR count). The first-order chi connectivity index (χ1) is 6.66. The molecule has 0 saturated carbocycles. The quantitative estimate of drug-likeness (QED) is 0.709. The summed E-state index contributed by atoms with van der Waals surface area (Å²) in [5, 5.41) is 7.06. The van der Waals surface area contributed by atoms with Gasteiger partial charge in [-0.15, -0.1) is 0 Å². The Bertz CT molecular complexity index is 298. The molecule has 0 aliphatic carbocycles. The van der Waals surface area contributed by atoms with Crippen LogP contribution in [0.25, 0.3) is 0 Å². The fourth-order valence-corrected chi connectivity index (χ4v) is 1.26. The predicted octanol–water partition coefficient (Wildman–Crippen LogP) is 0.604. The van der Waals surface area contributed by atoms with Crippen molar-refractivity contribution >= 4 is 0 Å². The molecule has 0 saturated heterocycles. The number of nitrogens with zero attached hydrogens (tertiary/aromatic N) is 2. The number of rotatable bonds is 5. The van der Waals surface area contributed by atoms with Gasteiger partial charge >= 0.3 is 0 Å². The third-order valence-corrected chi connectivity index (χ3v) is 2.05. The standard InChI is InChI=1S/C9H16FN3O/c1-7-8(6-11-4-5-14-3)9(10)13(2)12-7/h11H,4-6H2,1-3H3. The van der Waals surface area contributed by atoms with Crippen molar-refractivity contribution in [1.82, 2.24) is 15.1 Å². The highest BCUT2D eigenvalue weighted by Crippen LogP contribution is 2.10. The van der Waals surface area contributed by atoms with Crippen LogP contribution in [0.5, 0.6) is 0 Å². The first kappa shape index (κ1) is 11.1. The molecule has 0 fully saturated rings. The number of ether oxygens (including phenoxy) is 1. The topological polar surface area (TPSA) is 39.1 Å². The maximum absolute atomic E-state index is 13.4. The molecule has 0 radical (unpaired) electrons. The molecule has 1 aromatic rings. The monoisotopic (exact) mass is 201 g/mol. The highest BCUT2D eigenvalue weighted by molar-refractivity contribution is 5.16. The van der Waals surface area contributed by atoms with Crippen LogP contribution in [0.1, 0.15) is 11.3 Å². The van der Waals surface area contributed by atoms with Crippen LogP contribution < -0.4 is 5.32 Å². The van der Waals surface area contributed by atoms with Gasteiger partial charge in [0.2, 0.25) is 5.95 Å². The summed E-state index contributed by atoms with van der Waals surface area (Å²) < 4.78 is 19.5. The van der Waals surface area contributed by atoms with E-state index in [4.69, 9.17) is 4.74 Å². The van der Waals surface area contributed by atoms with E-state index in [0.29, 0.717) is 25.3 Å². The van der Waals surface area contributed by atoms with Gasteiger partial charge in [0.05, 0.1) is 12.3 Å². The molecule has 1 N–H and O–H groups in total. The Morgan fingerprint density at radius 3 is 2.79 bits per heavy atom. The highest BCUT2D eigenvalue weighted by atomic mass is 19.1. The summed E-state index contributed by atoms with van der Waals surface area (Å²) in [5.41, 5.74) is 1.36. The number of nitrogens with one attached hydrogen (secondary N) is 1. The van der Waals surface area contributed by atoms with Crippen molar-refractivity contribution in [1.29, 1.82) is 0 Å². The van der Waals surface area contributed by atoms with Gasteiger partial charge in [-0.05, 0) is 6.92 Å². The fraction of sp³-hybridized carbons (Fsp3) is 0.667. The lowest BCUT2D eigenvalue weighted by Crippen LogP contribution is -2.19. The number of hydrogen-bond acceptors (Lipinski definition) is 3. The first-order valence-corrected chi connectivity index (χ1v) is 4.54. The number of methoxy groups -OCH3 is 1. The van der Waals surface area contributed by atoms with E-state index >= 15 is 0 Å².